The molecular formula is C31H31ClN8O2. The van der Waals surface area contributed by atoms with E-state index in [4.69, 9.17) is 16.3 Å². The predicted molar refractivity (Wildman–Crippen MR) is 163 cm³/mol. The van der Waals surface area contributed by atoms with Crippen molar-refractivity contribution in [2.45, 2.75) is 13.5 Å². The summed E-state index contributed by atoms with van der Waals surface area (Å²) in [5, 5.41) is 8.25. The predicted octanol–water partition coefficient (Wildman–Crippen LogP) is 5.18. The molecule has 0 aliphatic carbocycles. The van der Waals surface area contributed by atoms with Crippen LogP contribution >= 0.6 is 11.6 Å². The van der Waals surface area contributed by atoms with Crippen LogP contribution in [0.15, 0.2) is 67.1 Å². The Morgan fingerprint density at radius 3 is 2.62 bits per heavy atom. The third-order valence-electron chi connectivity index (χ3n) is 7.46. The molecule has 1 aliphatic heterocycles. The van der Waals surface area contributed by atoms with Gasteiger partial charge in [0.15, 0.2) is 11.5 Å². The summed E-state index contributed by atoms with van der Waals surface area (Å²) in [5.74, 6) is 0.839. The van der Waals surface area contributed by atoms with Gasteiger partial charge in [0.2, 0.25) is 5.88 Å². The van der Waals surface area contributed by atoms with E-state index in [1.54, 1.807) is 48.5 Å². The van der Waals surface area contributed by atoms with Gasteiger partial charge in [-0.3, -0.25) is 19.4 Å². The maximum atomic E-state index is 13.3. The molecule has 0 spiro atoms. The number of nitrogens with one attached hydrogen (secondary N) is 1. The second-order valence-corrected chi connectivity index (χ2v) is 10.9. The number of ether oxygens (including phenoxy) is 1. The lowest BCUT2D eigenvalue weighted by Crippen LogP contribution is -2.43. The number of anilines is 1. The number of aromatic nitrogens is 5. The highest BCUT2D eigenvalue weighted by atomic mass is 35.5. The first kappa shape index (κ1) is 27.8. The highest BCUT2D eigenvalue weighted by molar-refractivity contribution is 6.34. The van der Waals surface area contributed by atoms with E-state index >= 15 is 0 Å². The van der Waals surface area contributed by atoms with Crippen molar-refractivity contribution in [3.8, 4) is 23.0 Å². The van der Waals surface area contributed by atoms with Gasteiger partial charge in [-0.15, -0.1) is 0 Å². The van der Waals surface area contributed by atoms with E-state index in [1.165, 1.54) is 5.56 Å². The number of hydrogen-bond donors (Lipinski definition) is 1. The Bertz CT molecular complexity index is 1750. The molecule has 0 radical (unpaired) electrons. The van der Waals surface area contributed by atoms with E-state index in [0.717, 1.165) is 43.9 Å². The van der Waals surface area contributed by atoms with Crippen LogP contribution < -0.4 is 10.1 Å². The Morgan fingerprint density at radius 1 is 1.02 bits per heavy atom. The van der Waals surface area contributed by atoms with Gasteiger partial charge in [-0.05, 0) is 67.6 Å². The molecular weight excluding hydrogens is 552 g/mol. The fourth-order valence-electron chi connectivity index (χ4n) is 4.95. The van der Waals surface area contributed by atoms with Crippen LogP contribution in [0.2, 0.25) is 5.02 Å². The highest BCUT2D eigenvalue weighted by Crippen LogP contribution is 2.32. The molecule has 1 N–H and O–H groups in total. The van der Waals surface area contributed by atoms with Crippen molar-refractivity contribution >= 4 is 34.2 Å². The number of carbonyl (C=O) groups excluding carboxylic acids is 1. The summed E-state index contributed by atoms with van der Waals surface area (Å²) in [7, 11) is 3.96. The maximum Gasteiger partial charge on any atom is 0.257 e. The van der Waals surface area contributed by atoms with Crippen molar-refractivity contribution in [3.63, 3.8) is 0 Å². The quantitative estimate of drug-likeness (QED) is 0.280. The average molecular weight is 583 g/mol. The lowest BCUT2D eigenvalue weighted by molar-refractivity contribution is 0.102. The van der Waals surface area contributed by atoms with Crippen LogP contribution in [0, 0.1) is 6.92 Å². The van der Waals surface area contributed by atoms with Crippen molar-refractivity contribution in [1.29, 1.82) is 0 Å². The molecule has 0 unspecified atom stereocenters. The fourth-order valence-corrected chi connectivity index (χ4v) is 5.15. The number of aryl methyl sites for hydroxylation is 2. The molecule has 0 atom stereocenters. The summed E-state index contributed by atoms with van der Waals surface area (Å²) in [6.07, 6.45) is 5.03. The van der Waals surface area contributed by atoms with Crippen LogP contribution in [0.5, 0.6) is 11.6 Å². The largest absolute Gasteiger partial charge is 0.438 e. The second kappa shape index (κ2) is 11.8. The van der Waals surface area contributed by atoms with E-state index < -0.39 is 0 Å². The summed E-state index contributed by atoms with van der Waals surface area (Å²) in [6.45, 7) is 7.23. The Hall–Kier alpha value is -4.38. The van der Waals surface area contributed by atoms with Crippen LogP contribution in [0.25, 0.3) is 22.4 Å². The molecule has 5 aromatic rings. The zero-order valence-electron chi connectivity index (χ0n) is 23.7. The summed E-state index contributed by atoms with van der Waals surface area (Å²) in [4.78, 5) is 31.6. The van der Waals surface area contributed by atoms with Gasteiger partial charge in [-0.1, -0.05) is 17.7 Å². The molecule has 0 bridgehead atoms. The molecule has 10 nitrogen and oxygen atoms in total. The third kappa shape index (κ3) is 5.96. The zero-order chi connectivity index (χ0) is 29.2. The molecule has 0 saturated carbocycles. The summed E-state index contributed by atoms with van der Waals surface area (Å²) >= 11 is 6.47. The number of amides is 1. The van der Waals surface area contributed by atoms with Gasteiger partial charge in [-0.25, -0.2) is 4.98 Å². The first-order valence-corrected chi connectivity index (χ1v) is 14.1. The van der Waals surface area contributed by atoms with Crippen LogP contribution in [0.1, 0.15) is 21.5 Å². The Labute approximate surface area is 248 Å². The molecule has 2 aromatic carbocycles. The van der Waals surface area contributed by atoms with Crippen molar-refractivity contribution in [2.75, 3.05) is 38.5 Å². The van der Waals surface area contributed by atoms with E-state index in [2.05, 4.69) is 55.2 Å². The molecule has 42 heavy (non-hydrogen) atoms. The minimum absolute atomic E-state index is 0.289. The molecule has 4 heterocycles. The smallest absolute Gasteiger partial charge is 0.257 e. The van der Waals surface area contributed by atoms with Gasteiger partial charge < -0.3 is 15.0 Å². The van der Waals surface area contributed by atoms with Gasteiger partial charge in [0.1, 0.15) is 11.1 Å². The number of likely N-dealkylation sites (N-methyl/N-ethyl adjacent to an activating group) is 1. The van der Waals surface area contributed by atoms with Crippen molar-refractivity contribution < 1.29 is 9.53 Å². The number of pyridine rings is 1. The summed E-state index contributed by atoms with van der Waals surface area (Å²) < 4.78 is 7.86. The standard InChI is InChI=1S/C31H31ClN8O2/c1-20-15-23(7-6-22(20)19-40-13-11-38(2)12-14-40)35-30(41)25-16-24(8-9-27(25)32)42-31-26-18-34-39(3)29(26)36-28(37-31)21-5-4-10-33-17-21/h4-10,15-18H,11-14,19H2,1-3H3,(H,35,41). The topological polar surface area (TPSA) is 101 Å². The zero-order valence-corrected chi connectivity index (χ0v) is 24.5. The van der Waals surface area contributed by atoms with Crippen molar-refractivity contribution in [2.24, 2.45) is 7.05 Å². The first-order valence-electron chi connectivity index (χ1n) is 13.7. The summed E-state index contributed by atoms with van der Waals surface area (Å²) in [6, 6.07) is 14.7. The normalized spacial score (nSPS) is 14.3. The van der Waals surface area contributed by atoms with E-state index in [0.29, 0.717) is 39.2 Å². The Balaban J connectivity index is 1.21. The molecule has 1 amide bonds. The molecule has 6 rings (SSSR count). The van der Waals surface area contributed by atoms with Gasteiger partial charge in [0, 0.05) is 63.4 Å². The lowest BCUT2D eigenvalue weighted by Gasteiger charge is -2.32. The average Bonchev–Trinajstić information content (AvgIpc) is 3.37. The first-order chi connectivity index (χ1) is 20.3. The van der Waals surface area contributed by atoms with Gasteiger partial charge in [-0.2, -0.15) is 10.1 Å². The number of carbonyl (C=O) groups is 1. The SMILES string of the molecule is Cc1cc(NC(=O)c2cc(Oc3nc(-c4cccnc4)nc4c3cnn4C)ccc2Cl)ccc1CN1CCN(C)CC1. The Morgan fingerprint density at radius 2 is 1.86 bits per heavy atom. The molecule has 11 heteroatoms. The minimum Gasteiger partial charge on any atom is -0.438 e. The number of rotatable bonds is 7. The van der Waals surface area contributed by atoms with Crippen molar-refractivity contribution in [3.05, 3.63) is 88.8 Å². The number of piperazine rings is 1. The van der Waals surface area contributed by atoms with E-state index in [-0.39, 0.29) is 11.5 Å². The number of hydrogen-bond acceptors (Lipinski definition) is 8. The molecule has 1 fully saturated rings. The minimum atomic E-state index is -0.332. The van der Waals surface area contributed by atoms with Gasteiger partial charge in [0.25, 0.3) is 5.91 Å². The molecule has 1 aliphatic rings. The van der Waals surface area contributed by atoms with Crippen LogP contribution in [-0.4, -0.2) is 73.7 Å². The Kier molecular flexibility index (Phi) is 7.84. The third-order valence-corrected chi connectivity index (χ3v) is 7.79. The second-order valence-electron chi connectivity index (χ2n) is 10.5. The van der Waals surface area contributed by atoms with E-state index in [9.17, 15) is 4.79 Å². The monoisotopic (exact) mass is 582 g/mol. The van der Waals surface area contributed by atoms with Gasteiger partial charge in [0.05, 0.1) is 16.8 Å². The maximum absolute atomic E-state index is 13.3. The number of nitrogens with zero attached hydrogens (tertiary/aromatic N) is 7. The molecule has 1 saturated heterocycles. The van der Waals surface area contributed by atoms with Crippen LogP contribution in [-0.2, 0) is 13.6 Å². The lowest BCUT2D eigenvalue weighted by atomic mass is 10.1. The van der Waals surface area contributed by atoms with Gasteiger partial charge >= 0.3 is 0 Å². The summed E-state index contributed by atoms with van der Waals surface area (Å²) in [5.41, 5.74) is 4.73. The molecule has 214 valence electrons. The number of fused-ring (bicyclic) bond motifs is 1. The highest BCUT2D eigenvalue weighted by Gasteiger charge is 2.18. The van der Waals surface area contributed by atoms with E-state index in [1.807, 2.05) is 24.3 Å². The number of halogens is 1. The number of benzene rings is 2. The van der Waals surface area contributed by atoms with Crippen molar-refractivity contribution in [1.82, 2.24) is 34.5 Å². The molecule has 3 aromatic heterocycles. The van der Waals surface area contributed by atoms with Crippen LogP contribution in [0.3, 0.4) is 0 Å². The fraction of sp³-hybridized carbons (Fsp3) is 0.258. The van der Waals surface area contributed by atoms with Crippen LogP contribution in [0.4, 0.5) is 5.69 Å².